The van der Waals surface area contributed by atoms with Crippen molar-refractivity contribution in [2.45, 2.75) is 13.5 Å². The van der Waals surface area contributed by atoms with Crippen LogP contribution in [0.2, 0.25) is 0 Å². The lowest BCUT2D eigenvalue weighted by atomic mass is 10.2. The maximum Gasteiger partial charge on any atom is 0.126 e. The van der Waals surface area contributed by atoms with Gasteiger partial charge in [0.2, 0.25) is 0 Å². The zero-order valence-electron chi connectivity index (χ0n) is 9.14. The monoisotopic (exact) mass is 214 g/mol. The second kappa shape index (κ2) is 4.66. The highest BCUT2D eigenvalue weighted by Gasteiger charge is 1.99. The molecule has 3 nitrogen and oxygen atoms in total. The van der Waals surface area contributed by atoms with Crippen molar-refractivity contribution in [3.63, 3.8) is 0 Å². The van der Waals surface area contributed by atoms with Gasteiger partial charge in [0.1, 0.15) is 11.6 Å². The lowest BCUT2D eigenvalue weighted by molar-refractivity contribution is 0.469. The molecular formula is C13H14N2O. The number of phenolic OH excluding ortho intramolecular Hbond substituents is 1. The summed E-state index contributed by atoms with van der Waals surface area (Å²) < 4.78 is 0. The van der Waals surface area contributed by atoms with Crippen LogP contribution in [0.4, 0.5) is 5.82 Å². The number of hydrogen-bond acceptors (Lipinski definition) is 3. The minimum atomic E-state index is 0.308. The predicted molar refractivity (Wildman–Crippen MR) is 64.4 cm³/mol. The molecule has 3 heteroatoms. The van der Waals surface area contributed by atoms with E-state index in [4.69, 9.17) is 0 Å². The van der Waals surface area contributed by atoms with Gasteiger partial charge < -0.3 is 10.4 Å². The summed E-state index contributed by atoms with van der Waals surface area (Å²) in [5.74, 6) is 1.12. The van der Waals surface area contributed by atoms with Crippen molar-refractivity contribution in [2.75, 3.05) is 5.32 Å². The van der Waals surface area contributed by atoms with Crippen LogP contribution < -0.4 is 5.32 Å². The van der Waals surface area contributed by atoms with Gasteiger partial charge >= 0.3 is 0 Å². The van der Waals surface area contributed by atoms with Crippen molar-refractivity contribution in [3.05, 3.63) is 53.7 Å². The number of aryl methyl sites for hydroxylation is 1. The van der Waals surface area contributed by atoms with Crippen LogP contribution in [0, 0.1) is 6.92 Å². The molecule has 1 aromatic heterocycles. The number of phenols is 1. The van der Waals surface area contributed by atoms with Gasteiger partial charge in [-0.1, -0.05) is 24.3 Å². The average Bonchev–Trinajstić information content (AvgIpc) is 2.30. The number of aromatic nitrogens is 1. The highest BCUT2D eigenvalue weighted by atomic mass is 16.3. The molecule has 82 valence electrons. The normalized spacial score (nSPS) is 10.1. The number of para-hydroxylation sites is 1. The van der Waals surface area contributed by atoms with Crippen LogP contribution in [-0.4, -0.2) is 10.1 Å². The number of anilines is 1. The fourth-order valence-electron chi connectivity index (χ4n) is 1.42. The van der Waals surface area contributed by atoms with E-state index in [2.05, 4.69) is 10.3 Å². The Kier molecular flexibility index (Phi) is 3.05. The number of nitrogens with one attached hydrogen (secondary N) is 1. The molecule has 0 bridgehead atoms. The lowest BCUT2D eigenvalue weighted by Gasteiger charge is -2.07. The van der Waals surface area contributed by atoms with Gasteiger partial charge in [0.15, 0.2) is 0 Å². The SMILES string of the molecule is Cc1ccc(NCc2ccccc2O)nc1. The van der Waals surface area contributed by atoms with Crippen molar-refractivity contribution in [1.82, 2.24) is 4.98 Å². The van der Waals surface area contributed by atoms with Gasteiger partial charge in [-0.25, -0.2) is 4.98 Å². The number of nitrogens with zero attached hydrogens (tertiary/aromatic N) is 1. The Labute approximate surface area is 94.8 Å². The first-order valence-corrected chi connectivity index (χ1v) is 5.19. The Bertz CT molecular complexity index is 466. The Morgan fingerprint density at radius 2 is 2.00 bits per heavy atom. The maximum absolute atomic E-state index is 9.57. The molecule has 1 heterocycles. The largest absolute Gasteiger partial charge is 0.508 e. The molecule has 0 atom stereocenters. The van der Waals surface area contributed by atoms with Gasteiger partial charge in [-0.05, 0) is 24.6 Å². The van der Waals surface area contributed by atoms with E-state index < -0.39 is 0 Å². The van der Waals surface area contributed by atoms with Crippen molar-refractivity contribution >= 4 is 5.82 Å². The summed E-state index contributed by atoms with van der Waals surface area (Å²) >= 11 is 0. The Morgan fingerprint density at radius 3 is 2.69 bits per heavy atom. The average molecular weight is 214 g/mol. The molecule has 0 aliphatic rings. The van der Waals surface area contributed by atoms with Crippen LogP contribution >= 0.6 is 0 Å². The summed E-state index contributed by atoms with van der Waals surface area (Å²) in [6.45, 7) is 2.57. The van der Waals surface area contributed by atoms with Crippen LogP contribution in [0.1, 0.15) is 11.1 Å². The van der Waals surface area contributed by atoms with Gasteiger partial charge in [-0.15, -0.1) is 0 Å². The van der Waals surface area contributed by atoms with Crippen molar-refractivity contribution in [2.24, 2.45) is 0 Å². The first-order valence-electron chi connectivity index (χ1n) is 5.19. The molecule has 1 aromatic carbocycles. The van der Waals surface area contributed by atoms with Gasteiger partial charge in [0.25, 0.3) is 0 Å². The Balaban J connectivity index is 2.02. The maximum atomic E-state index is 9.57. The molecule has 0 unspecified atom stereocenters. The minimum absolute atomic E-state index is 0.308. The summed E-state index contributed by atoms with van der Waals surface area (Å²) in [6.07, 6.45) is 1.81. The standard InChI is InChI=1S/C13H14N2O/c1-10-6-7-13(14-8-10)15-9-11-4-2-3-5-12(11)16/h2-8,16H,9H2,1H3,(H,14,15). The predicted octanol–water partition coefficient (Wildman–Crippen LogP) is 2.71. The lowest BCUT2D eigenvalue weighted by Crippen LogP contribution is -2.01. The molecule has 0 aliphatic carbocycles. The molecule has 0 radical (unpaired) electrons. The molecule has 0 fully saturated rings. The summed E-state index contributed by atoms with van der Waals surface area (Å²) in [5.41, 5.74) is 2.00. The molecule has 0 aliphatic heterocycles. The van der Waals surface area contributed by atoms with E-state index in [0.717, 1.165) is 16.9 Å². The second-order valence-electron chi connectivity index (χ2n) is 3.70. The van der Waals surface area contributed by atoms with E-state index in [1.807, 2.05) is 43.5 Å². The number of rotatable bonds is 3. The van der Waals surface area contributed by atoms with Crippen molar-refractivity contribution < 1.29 is 5.11 Å². The molecule has 0 saturated heterocycles. The van der Waals surface area contributed by atoms with Crippen LogP contribution in [0.15, 0.2) is 42.6 Å². The molecule has 2 aromatic rings. The molecule has 2 N–H and O–H groups in total. The van der Waals surface area contributed by atoms with Gasteiger partial charge in [0.05, 0.1) is 0 Å². The highest BCUT2D eigenvalue weighted by molar-refractivity contribution is 5.39. The molecular weight excluding hydrogens is 200 g/mol. The Hall–Kier alpha value is -2.03. The molecule has 0 amide bonds. The summed E-state index contributed by atoms with van der Waals surface area (Å²) in [5, 5.41) is 12.7. The third-order valence-corrected chi connectivity index (χ3v) is 2.36. The fraction of sp³-hybridized carbons (Fsp3) is 0.154. The number of aromatic hydroxyl groups is 1. The summed E-state index contributed by atoms with van der Waals surface area (Å²) in [6, 6.07) is 11.2. The van der Waals surface area contributed by atoms with Crippen LogP contribution in [0.5, 0.6) is 5.75 Å². The zero-order chi connectivity index (χ0) is 11.4. The third-order valence-electron chi connectivity index (χ3n) is 2.36. The topological polar surface area (TPSA) is 45.1 Å². The molecule has 16 heavy (non-hydrogen) atoms. The van der Waals surface area contributed by atoms with Gasteiger partial charge in [0, 0.05) is 18.3 Å². The number of pyridine rings is 1. The van der Waals surface area contributed by atoms with Crippen LogP contribution in [0.3, 0.4) is 0 Å². The molecule has 0 saturated carbocycles. The van der Waals surface area contributed by atoms with E-state index in [0.29, 0.717) is 12.3 Å². The number of hydrogen-bond donors (Lipinski definition) is 2. The molecule has 0 spiro atoms. The molecule has 2 rings (SSSR count). The summed E-state index contributed by atoms with van der Waals surface area (Å²) in [7, 11) is 0. The third kappa shape index (κ3) is 2.51. The van der Waals surface area contributed by atoms with E-state index in [1.165, 1.54) is 0 Å². The minimum Gasteiger partial charge on any atom is -0.508 e. The van der Waals surface area contributed by atoms with Gasteiger partial charge in [-0.2, -0.15) is 0 Å². The first kappa shape index (κ1) is 10.5. The quantitative estimate of drug-likeness (QED) is 0.825. The fourth-order valence-corrected chi connectivity index (χ4v) is 1.42. The first-order chi connectivity index (χ1) is 7.75. The van der Waals surface area contributed by atoms with Crippen LogP contribution in [0.25, 0.3) is 0 Å². The van der Waals surface area contributed by atoms with E-state index in [9.17, 15) is 5.11 Å². The van der Waals surface area contributed by atoms with Crippen molar-refractivity contribution in [3.8, 4) is 5.75 Å². The smallest absolute Gasteiger partial charge is 0.126 e. The highest BCUT2D eigenvalue weighted by Crippen LogP contribution is 2.16. The van der Waals surface area contributed by atoms with Crippen molar-refractivity contribution in [1.29, 1.82) is 0 Å². The summed E-state index contributed by atoms with van der Waals surface area (Å²) in [4.78, 5) is 4.23. The zero-order valence-corrected chi connectivity index (χ0v) is 9.14. The number of benzene rings is 1. The second-order valence-corrected chi connectivity index (χ2v) is 3.70. The van der Waals surface area contributed by atoms with E-state index in [-0.39, 0.29) is 0 Å². The van der Waals surface area contributed by atoms with E-state index >= 15 is 0 Å². The Morgan fingerprint density at radius 1 is 1.19 bits per heavy atom. The van der Waals surface area contributed by atoms with Crippen LogP contribution in [-0.2, 0) is 6.54 Å². The van der Waals surface area contributed by atoms with E-state index in [1.54, 1.807) is 6.07 Å². The van der Waals surface area contributed by atoms with Gasteiger partial charge in [-0.3, -0.25) is 0 Å².